The standard InChI is InChI=1S/C15H21O5P/c1-2-12(13-9-6-10-20-13)15(14(16)17,21(18)19)11-7-4-3-5-8-11/h3-5,7-8,12-13,21H,2,6,9-10H2,1H3,(H,16,17)(H,18,19). The summed E-state index contributed by atoms with van der Waals surface area (Å²) in [6.45, 7) is 2.43. The minimum atomic E-state index is -3.36. The predicted octanol–water partition coefficient (Wildman–Crippen LogP) is 2.64. The van der Waals surface area contributed by atoms with E-state index >= 15 is 0 Å². The summed E-state index contributed by atoms with van der Waals surface area (Å²) in [5.74, 6) is -1.77. The van der Waals surface area contributed by atoms with Gasteiger partial charge in [-0.05, 0) is 24.8 Å². The maximum Gasteiger partial charge on any atom is 0.324 e. The first-order valence-corrected chi connectivity index (χ1v) is 8.54. The normalized spacial score (nSPS) is 24.2. The van der Waals surface area contributed by atoms with E-state index in [0.717, 1.165) is 12.8 Å². The fraction of sp³-hybridized carbons (Fsp3) is 0.533. The number of ether oxygens (including phenoxy) is 1. The fourth-order valence-electron chi connectivity index (χ4n) is 3.34. The molecule has 2 rings (SSSR count). The summed E-state index contributed by atoms with van der Waals surface area (Å²) >= 11 is 0. The number of carboxylic acids is 1. The molecule has 21 heavy (non-hydrogen) atoms. The number of benzene rings is 1. The maximum atomic E-state index is 12.2. The Morgan fingerprint density at radius 3 is 2.57 bits per heavy atom. The average molecular weight is 312 g/mol. The number of hydrogen-bond acceptors (Lipinski definition) is 3. The van der Waals surface area contributed by atoms with E-state index < -0.39 is 25.1 Å². The van der Waals surface area contributed by atoms with Crippen molar-refractivity contribution >= 4 is 14.0 Å². The topological polar surface area (TPSA) is 83.8 Å². The zero-order valence-corrected chi connectivity index (χ0v) is 13.0. The number of carboxylic acid groups (broad SMARTS) is 1. The van der Waals surface area contributed by atoms with Crippen molar-refractivity contribution in [2.45, 2.75) is 37.4 Å². The van der Waals surface area contributed by atoms with Gasteiger partial charge in [0, 0.05) is 12.5 Å². The molecule has 1 aromatic rings. The lowest BCUT2D eigenvalue weighted by Gasteiger charge is -2.37. The van der Waals surface area contributed by atoms with Crippen LogP contribution in [0.1, 0.15) is 31.7 Å². The van der Waals surface area contributed by atoms with Gasteiger partial charge in [-0.25, -0.2) is 0 Å². The summed E-state index contributed by atoms with van der Waals surface area (Å²) in [4.78, 5) is 22.0. The minimum Gasteiger partial charge on any atom is -0.480 e. The Morgan fingerprint density at radius 1 is 1.48 bits per heavy atom. The van der Waals surface area contributed by atoms with Crippen molar-refractivity contribution < 1.29 is 24.1 Å². The van der Waals surface area contributed by atoms with Gasteiger partial charge < -0.3 is 14.7 Å². The summed E-state index contributed by atoms with van der Waals surface area (Å²) in [7, 11) is -3.36. The van der Waals surface area contributed by atoms with Gasteiger partial charge in [-0.3, -0.25) is 9.36 Å². The van der Waals surface area contributed by atoms with E-state index in [2.05, 4.69) is 0 Å². The maximum absolute atomic E-state index is 12.2. The second-order valence-corrected chi connectivity index (χ2v) is 6.75. The molecule has 116 valence electrons. The van der Waals surface area contributed by atoms with Gasteiger partial charge in [0.05, 0.1) is 6.10 Å². The average Bonchev–Trinajstić information content (AvgIpc) is 2.98. The molecule has 1 fully saturated rings. The van der Waals surface area contributed by atoms with Crippen LogP contribution < -0.4 is 0 Å². The molecule has 0 bridgehead atoms. The van der Waals surface area contributed by atoms with E-state index in [4.69, 9.17) is 4.74 Å². The van der Waals surface area contributed by atoms with Gasteiger partial charge in [0.2, 0.25) is 8.03 Å². The highest BCUT2D eigenvalue weighted by atomic mass is 31.1. The van der Waals surface area contributed by atoms with E-state index in [1.165, 1.54) is 0 Å². The number of rotatable bonds is 6. The summed E-state index contributed by atoms with van der Waals surface area (Å²) < 4.78 is 17.8. The molecule has 0 aliphatic carbocycles. The molecule has 0 amide bonds. The Bertz CT molecular complexity index is 496. The van der Waals surface area contributed by atoms with Crippen molar-refractivity contribution in [3.8, 4) is 0 Å². The van der Waals surface area contributed by atoms with Gasteiger partial charge >= 0.3 is 5.97 Å². The minimum absolute atomic E-state index is 0.285. The van der Waals surface area contributed by atoms with Crippen LogP contribution in [0.3, 0.4) is 0 Å². The summed E-state index contributed by atoms with van der Waals surface area (Å²) in [5.41, 5.74) is 0.381. The molecule has 4 unspecified atom stereocenters. The molecule has 0 spiro atoms. The van der Waals surface area contributed by atoms with E-state index in [-0.39, 0.29) is 6.10 Å². The Kier molecular flexibility index (Phi) is 5.20. The van der Waals surface area contributed by atoms with Crippen LogP contribution in [0.25, 0.3) is 0 Å². The number of carbonyl (C=O) groups is 1. The lowest BCUT2D eigenvalue weighted by Crippen LogP contribution is -2.45. The van der Waals surface area contributed by atoms with Gasteiger partial charge in [0.15, 0.2) is 5.16 Å². The second kappa shape index (κ2) is 6.73. The predicted molar refractivity (Wildman–Crippen MR) is 79.7 cm³/mol. The SMILES string of the molecule is CCC(C1CCCO1)C(C(=O)O)(c1ccccc1)[PH](=O)O. The molecule has 1 heterocycles. The first kappa shape index (κ1) is 16.2. The summed E-state index contributed by atoms with van der Waals surface area (Å²) in [6.07, 6.45) is 1.78. The van der Waals surface area contributed by atoms with Crippen molar-refractivity contribution in [1.82, 2.24) is 0 Å². The molecular weight excluding hydrogens is 291 g/mol. The highest BCUT2D eigenvalue weighted by Gasteiger charge is 2.54. The number of aliphatic carboxylic acids is 1. The van der Waals surface area contributed by atoms with Crippen molar-refractivity contribution in [1.29, 1.82) is 0 Å². The number of hydrogen-bond donors (Lipinski definition) is 2. The third-order valence-corrected chi connectivity index (χ3v) is 5.86. The lowest BCUT2D eigenvalue weighted by molar-refractivity contribution is -0.144. The van der Waals surface area contributed by atoms with Crippen LogP contribution in [0, 0.1) is 5.92 Å². The summed E-state index contributed by atoms with van der Waals surface area (Å²) in [6, 6.07) is 8.38. The molecule has 6 heteroatoms. The largest absolute Gasteiger partial charge is 0.480 e. The molecule has 4 atom stereocenters. The molecule has 1 aromatic carbocycles. The van der Waals surface area contributed by atoms with Crippen LogP contribution in [0.15, 0.2) is 30.3 Å². The van der Waals surface area contributed by atoms with Crippen LogP contribution in [0.2, 0.25) is 0 Å². The Hall–Kier alpha value is -1.16. The molecule has 0 aromatic heterocycles. The quantitative estimate of drug-likeness (QED) is 0.789. The fourth-order valence-corrected chi connectivity index (χ4v) is 4.64. The monoisotopic (exact) mass is 312 g/mol. The molecule has 0 radical (unpaired) electrons. The Morgan fingerprint density at radius 2 is 2.14 bits per heavy atom. The van der Waals surface area contributed by atoms with Crippen molar-refractivity contribution in [3.05, 3.63) is 35.9 Å². The van der Waals surface area contributed by atoms with Crippen LogP contribution in [-0.2, 0) is 19.3 Å². The van der Waals surface area contributed by atoms with Crippen LogP contribution in [0.5, 0.6) is 0 Å². The Labute approximate surface area is 124 Å². The van der Waals surface area contributed by atoms with E-state index in [1.807, 2.05) is 6.92 Å². The third kappa shape index (κ3) is 2.78. The van der Waals surface area contributed by atoms with Crippen LogP contribution in [0.4, 0.5) is 0 Å². The van der Waals surface area contributed by atoms with E-state index in [9.17, 15) is 19.4 Å². The first-order chi connectivity index (χ1) is 10.0. The smallest absolute Gasteiger partial charge is 0.324 e. The van der Waals surface area contributed by atoms with Crippen LogP contribution >= 0.6 is 8.03 Å². The van der Waals surface area contributed by atoms with Gasteiger partial charge in [-0.1, -0.05) is 37.3 Å². The lowest BCUT2D eigenvalue weighted by atomic mass is 9.79. The third-order valence-electron chi connectivity index (χ3n) is 4.31. The zero-order chi connectivity index (χ0) is 15.5. The van der Waals surface area contributed by atoms with Gasteiger partial charge in [-0.15, -0.1) is 0 Å². The van der Waals surface area contributed by atoms with Crippen molar-refractivity contribution in [2.24, 2.45) is 5.92 Å². The van der Waals surface area contributed by atoms with Crippen molar-refractivity contribution in [2.75, 3.05) is 6.61 Å². The molecule has 1 aliphatic heterocycles. The van der Waals surface area contributed by atoms with E-state index in [1.54, 1.807) is 30.3 Å². The molecular formula is C15H21O5P. The van der Waals surface area contributed by atoms with Gasteiger partial charge in [-0.2, -0.15) is 0 Å². The Balaban J connectivity index is 2.58. The van der Waals surface area contributed by atoms with Crippen molar-refractivity contribution in [3.63, 3.8) is 0 Å². The highest BCUT2D eigenvalue weighted by Crippen LogP contribution is 2.54. The van der Waals surface area contributed by atoms with Crippen LogP contribution in [-0.4, -0.2) is 28.7 Å². The molecule has 1 aliphatic rings. The second-order valence-electron chi connectivity index (χ2n) is 5.35. The highest BCUT2D eigenvalue weighted by molar-refractivity contribution is 7.41. The first-order valence-electron chi connectivity index (χ1n) is 7.19. The molecule has 0 saturated carbocycles. The zero-order valence-electron chi connectivity index (χ0n) is 12.0. The van der Waals surface area contributed by atoms with Gasteiger partial charge in [0.25, 0.3) is 0 Å². The molecule has 5 nitrogen and oxygen atoms in total. The molecule has 1 saturated heterocycles. The van der Waals surface area contributed by atoms with E-state index in [0.29, 0.717) is 18.6 Å². The van der Waals surface area contributed by atoms with Gasteiger partial charge in [0.1, 0.15) is 0 Å². The molecule has 2 N–H and O–H groups in total. The summed E-state index contributed by atoms with van der Waals surface area (Å²) in [5, 5.41) is 8.04.